The van der Waals surface area contributed by atoms with Crippen molar-refractivity contribution >= 4 is 40.8 Å². The van der Waals surface area contributed by atoms with Gasteiger partial charge in [0.25, 0.3) is 5.91 Å². The monoisotopic (exact) mass is 379 g/mol. The van der Waals surface area contributed by atoms with E-state index in [-0.39, 0.29) is 22.6 Å². The molecule has 2 aromatic rings. The van der Waals surface area contributed by atoms with Crippen LogP contribution in [-0.2, 0) is 23.9 Å². The second-order valence-corrected chi connectivity index (χ2v) is 6.05. The molecule has 1 aliphatic rings. The van der Waals surface area contributed by atoms with Gasteiger partial charge in [-0.1, -0.05) is 36.4 Å². The summed E-state index contributed by atoms with van der Waals surface area (Å²) >= 11 is 0. The van der Waals surface area contributed by atoms with Gasteiger partial charge >= 0.3 is 11.9 Å². The van der Waals surface area contributed by atoms with E-state index in [0.717, 1.165) is 4.90 Å². The third-order valence-electron chi connectivity index (χ3n) is 4.17. The smallest absolute Gasteiger partial charge is 0.337 e. The lowest BCUT2D eigenvalue weighted by Gasteiger charge is -2.13. The Kier molecular flexibility index (Phi) is 5.08. The van der Waals surface area contributed by atoms with E-state index in [4.69, 9.17) is 9.47 Å². The van der Waals surface area contributed by atoms with Crippen LogP contribution in [0.1, 0.15) is 35.3 Å². The fraction of sp³-hybridized carbons (Fsp3) is 0.143. The number of carbonyl (C=O) groups excluding carboxylic acids is 4. The number of ether oxygens (including phenoxy) is 2. The topological polar surface area (TPSA) is 90.0 Å². The number of rotatable bonds is 3. The largest absolute Gasteiger partial charge is 0.465 e. The predicted octanol–water partition coefficient (Wildman–Crippen LogP) is 2.80. The van der Waals surface area contributed by atoms with Gasteiger partial charge in [-0.25, -0.2) is 9.69 Å². The van der Waals surface area contributed by atoms with Gasteiger partial charge < -0.3 is 9.47 Å². The lowest BCUT2D eigenvalue weighted by Crippen LogP contribution is -2.31. The minimum atomic E-state index is -0.635. The Morgan fingerprint density at radius 2 is 1.61 bits per heavy atom. The number of carbonyl (C=O) groups is 4. The van der Waals surface area contributed by atoms with Crippen LogP contribution in [0, 0.1) is 0 Å². The molecular weight excluding hydrogens is 362 g/mol. The fourth-order valence-electron chi connectivity index (χ4n) is 3.03. The highest BCUT2D eigenvalue weighted by Gasteiger charge is 2.39. The normalized spacial score (nSPS) is 14.4. The maximum absolute atomic E-state index is 13.1. The average Bonchev–Trinajstić information content (AvgIpc) is 2.97. The second kappa shape index (κ2) is 7.48. The molecule has 2 aromatic carbocycles. The van der Waals surface area contributed by atoms with Gasteiger partial charge in [0.1, 0.15) is 0 Å². The minimum absolute atomic E-state index is 0.0499. The van der Waals surface area contributed by atoms with E-state index in [2.05, 4.69) is 0 Å². The van der Waals surface area contributed by atoms with Crippen LogP contribution >= 0.6 is 0 Å². The van der Waals surface area contributed by atoms with E-state index in [9.17, 15) is 19.2 Å². The van der Waals surface area contributed by atoms with Crippen molar-refractivity contribution < 1.29 is 28.7 Å². The van der Waals surface area contributed by atoms with Gasteiger partial charge in [-0.2, -0.15) is 0 Å². The van der Waals surface area contributed by atoms with E-state index in [1.54, 1.807) is 30.3 Å². The standard InChI is InChI=1S/C21H17NO6/c1-12(23)22-17-11-15(21(26)27-3)9-10-16(17)18(20(22)25)19(28-13(2)24)14-7-5-4-6-8-14/h4-11H,1-3H3. The fourth-order valence-corrected chi connectivity index (χ4v) is 3.03. The molecule has 28 heavy (non-hydrogen) atoms. The molecule has 0 atom stereocenters. The van der Waals surface area contributed by atoms with Crippen molar-refractivity contribution in [3.8, 4) is 0 Å². The first-order valence-electron chi connectivity index (χ1n) is 8.41. The van der Waals surface area contributed by atoms with Crippen LogP contribution in [0.25, 0.3) is 11.3 Å². The number of hydrogen-bond acceptors (Lipinski definition) is 6. The number of nitrogens with zero attached hydrogens (tertiary/aromatic N) is 1. The molecular formula is C21H17NO6. The highest BCUT2D eigenvalue weighted by molar-refractivity contribution is 6.43. The maximum atomic E-state index is 13.1. The SMILES string of the molecule is COC(=O)c1ccc2c(c1)N(C(C)=O)C(=O)C2=C(OC(C)=O)c1ccccc1. The number of hydrogen-bond donors (Lipinski definition) is 0. The molecule has 7 heteroatoms. The molecule has 0 bridgehead atoms. The van der Waals surface area contributed by atoms with Crippen LogP contribution in [0.2, 0.25) is 0 Å². The summed E-state index contributed by atoms with van der Waals surface area (Å²) in [7, 11) is 1.24. The first-order valence-corrected chi connectivity index (χ1v) is 8.41. The Bertz CT molecular complexity index is 1020. The van der Waals surface area contributed by atoms with Crippen molar-refractivity contribution in [3.63, 3.8) is 0 Å². The Balaban J connectivity index is 2.31. The van der Waals surface area contributed by atoms with E-state index >= 15 is 0 Å². The number of anilines is 1. The van der Waals surface area contributed by atoms with Crippen LogP contribution in [0.4, 0.5) is 5.69 Å². The summed E-state index contributed by atoms with van der Waals surface area (Å²) in [6.07, 6.45) is 0. The zero-order chi connectivity index (χ0) is 20.4. The van der Waals surface area contributed by atoms with Crippen molar-refractivity contribution in [1.29, 1.82) is 0 Å². The van der Waals surface area contributed by atoms with Gasteiger partial charge in [0.05, 0.1) is 23.9 Å². The van der Waals surface area contributed by atoms with E-state index < -0.39 is 23.8 Å². The number of benzene rings is 2. The Hall–Kier alpha value is -3.74. The van der Waals surface area contributed by atoms with Crippen molar-refractivity contribution in [1.82, 2.24) is 0 Å². The third-order valence-corrected chi connectivity index (χ3v) is 4.17. The van der Waals surface area contributed by atoms with Crippen molar-refractivity contribution in [2.45, 2.75) is 13.8 Å². The molecule has 0 saturated heterocycles. The van der Waals surface area contributed by atoms with Crippen LogP contribution in [0.5, 0.6) is 0 Å². The molecule has 3 rings (SSSR count). The van der Waals surface area contributed by atoms with Crippen LogP contribution < -0.4 is 4.90 Å². The molecule has 0 aliphatic carbocycles. The Morgan fingerprint density at radius 3 is 2.18 bits per heavy atom. The molecule has 1 heterocycles. The zero-order valence-corrected chi connectivity index (χ0v) is 15.5. The molecule has 0 N–H and O–H groups in total. The van der Waals surface area contributed by atoms with Crippen LogP contribution in [-0.4, -0.2) is 30.9 Å². The van der Waals surface area contributed by atoms with Gasteiger partial charge in [0.15, 0.2) is 5.76 Å². The molecule has 0 aromatic heterocycles. The Morgan fingerprint density at radius 1 is 0.929 bits per heavy atom. The highest BCUT2D eigenvalue weighted by atomic mass is 16.5. The summed E-state index contributed by atoms with van der Waals surface area (Å²) in [5.41, 5.74) is 1.39. The summed E-state index contributed by atoms with van der Waals surface area (Å²) < 4.78 is 10.1. The lowest BCUT2D eigenvalue weighted by molar-refractivity contribution is -0.134. The van der Waals surface area contributed by atoms with Gasteiger partial charge in [0, 0.05) is 25.0 Å². The minimum Gasteiger partial charge on any atom is -0.465 e. The lowest BCUT2D eigenvalue weighted by atomic mass is 10.0. The molecule has 1 aliphatic heterocycles. The van der Waals surface area contributed by atoms with E-state index in [1.165, 1.54) is 39.2 Å². The summed E-state index contributed by atoms with van der Waals surface area (Å²) in [5.74, 6) is -2.32. The molecule has 142 valence electrons. The number of methoxy groups -OCH3 is 1. The third kappa shape index (κ3) is 3.29. The number of fused-ring (bicyclic) bond motifs is 1. The van der Waals surface area contributed by atoms with E-state index in [0.29, 0.717) is 11.1 Å². The average molecular weight is 379 g/mol. The van der Waals surface area contributed by atoms with E-state index in [1.807, 2.05) is 0 Å². The summed E-state index contributed by atoms with van der Waals surface area (Å²) in [4.78, 5) is 49.7. The summed E-state index contributed by atoms with van der Waals surface area (Å²) in [6.45, 7) is 2.47. The van der Waals surface area contributed by atoms with Crippen molar-refractivity contribution in [3.05, 3.63) is 65.2 Å². The number of esters is 2. The Labute approximate surface area is 161 Å². The molecule has 0 radical (unpaired) electrons. The summed E-state index contributed by atoms with van der Waals surface area (Å²) in [5, 5.41) is 0. The maximum Gasteiger partial charge on any atom is 0.337 e. The molecule has 7 nitrogen and oxygen atoms in total. The molecule has 0 unspecified atom stereocenters. The molecule has 0 spiro atoms. The quantitative estimate of drug-likeness (QED) is 0.463. The summed E-state index contributed by atoms with van der Waals surface area (Å²) in [6, 6.07) is 13.1. The first kappa shape index (κ1) is 19.0. The number of imide groups is 1. The van der Waals surface area contributed by atoms with Gasteiger partial charge in [0.2, 0.25) is 5.91 Å². The molecule has 0 fully saturated rings. The second-order valence-electron chi connectivity index (χ2n) is 6.05. The molecule has 2 amide bonds. The molecule has 0 saturated carbocycles. The van der Waals surface area contributed by atoms with Gasteiger partial charge in [-0.05, 0) is 12.1 Å². The van der Waals surface area contributed by atoms with Crippen molar-refractivity contribution in [2.24, 2.45) is 0 Å². The highest BCUT2D eigenvalue weighted by Crippen LogP contribution is 2.42. The van der Waals surface area contributed by atoms with Gasteiger partial charge in [-0.3, -0.25) is 14.4 Å². The first-order chi connectivity index (χ1) is 13.3. The van der Waals surface area contributed by atoms with Gasteiger partial charge in [-0.15, -0.1) is 0 Å². The zero-order valence-electron chi connectivity index (χ0n) is 15.5. The van der Waals surface area contributed by atoms with Crippen LogP contribution in [0.15, 0.2) is 48.5 Å². The predicted molar refractivity (Wildman–Crippen MR) is 101 cm³/mol. The van der Waals surface area contributed by atoms with Crippen LogP contribution in [0.3, 0.4) is 0 Å². The number of amides is 2. The van der Waals surface area contributed by atoms with Crippen molar-refractivity contribution in [2.75, 3.05) is 12.0 Å².